The van der Waals surface area contributed by atoms with Crippen LogP contribution in [0.1, 0.15) is 56.2 Å². The summed E-state index contributed by atoms with van der Waals surface area (Å²) in [5.74, 6) is -0.374. The second-order valence-corrected chi connectivity index (χ2v) is 9.16. The Kier molecular flexibility index (Phi) is 7.48. The molecule has 7 nitrogen and oxygen atoms in total. The van der Waals surface area contributed by atoms with Crippen molar-refractivity contribution >= 4 is 12.0 Å². The van der Waals surface area contributed by atoms with Gasteiger partial charge in [0.05, 0.1) is 18.2 Å². The number of urea groups is 1. The van der Waals surface area contributed by atoms with Crippen molar-refractivity contribution in [2.45, 2.75) is 58.0 Å². The fourth-order valence-corrected chi connectivity index (χ4v) is 5.16. The van der Waals surface area contributed by atoms with Gasteiger partial charge in [0.2, 0.25) is 0 Å². The average Bonchev–Trinajstić information content (AvgIpc) is 2.80. The zero-order chi connectivity index (χ0) is 22.5. The van der Waals surface area contributed by atoms with Crippen LogP contribution in [0.5, 0.6) is 0 Å². The monoisotopic (exact) mass is 440 g/mol. The lowest BCUT2D eigenvalue weighted by atomic mass is 9.93. The molecule has 3 aliphatic rings. The Balaban J connectivity index is 1.52. The molecule has 2 aliphatic heterocycles. The zero-order valence-corrected chi connectivity index (χ0v) is 19.4. The van der Waals surface area contributed by atoms with Crippen LogP contribution in [0.4, 0.5) is 4.79 Å². The van der Waals surface area contributed by atoms with Crippen LogP contribution < -0.4 is 10.6 Å². The first-order valence-corrected chi connectivity index (χ1v) is 12.1. The van der Waals surface area contributed by atoms with Gasteiger partial charge in [0, 0.05) is 44.5 Å². The third kappa shape index (κ3) is 5.33. The normalized spacial score (nSPS) is 23.6. The summed E-state index contributed by atoms with van der Waals surface area (Å²) < 4.78 is 5.39. The van der Waals surface area contributed by atoms with E-state index in [4.69, 9.17) is 4.74 Å². The molecule has 4 rings (SSSR count). The first-order chi connectivity index (χ1) is 15.5. The Morgan fingerprint density at radius 3 is 2.41 bits per heavy atom. The van der Waals surface area contributed by atoms with E-state index in [-0.39, 0.29) is 12.0 Å². The number of carbonyl (C=O) groups is 2. The molecule has 7 heteroatoms. The van der Waals surface area contributed by atoms with Gasteiger partial charge in [-0.1, -0.05) is 49.1 Å². The minimum Gasteiger partial charge on any atom is -0.463 e. The van der Waals surface area contributed by atoms with Gasteiger partial charge >= 0.3 is 12.0 Å². The van der Waals surface area contributed by atoms with Gasteiger partial charge in [-0.15, -0.1) is 0 Å². The van der Waals surface area contributed by atoms with E-state index >= 15 is 0 Å². The third-order valence-electron chi connectivity index (χ3n) is 6.94. The molecule has 0 radical (unpaired) electrons. The molecule has 0 spiro atoms. The number of esters is 1. The topological polar surface area (TPSA) is 73.9 Å². The summed E-state index contributed by atoms with van der Waals surface area (Å²) >= 11 is 0. The molecular formula is C25H36N4O3. The number of hydrogen-bond acceptors (Lipinski definition) is 5. The second kappa shape index (κ2) is 10.5. The van der Waals surface area contributed by atoms with Gasteiger partial charge in [-0.25, -0.2) is 9.59 Å². The predicted octanol–water partition coefficient (Wildman–Crippen LogP) is 3.12. The minimum atomic E-state index is -0.512. The van der Waals surface area contributed by atoms with Crippen molar-refractivity contribution in [2.24, 2.45) is 0 Å². The highest BCUT2D eigenvalue weighted by Gasteiger charge is 2.35. The lowest BCUT2D eigenvalue weighted by Crippen LogP contribution is -2.53. The summed E-state index contributed by atoms with van der Waals surface area (Å²) in [6.45, 7) is 8.63. The number of carbonyl (C=O) groups excluding carboxylic acids is 2. The molecule has 1 aromatic carbocycles. The maximum absolute atomic E-state index is 13.0. The van der Waals surface area contributed by atoms with E-state index < -0.39 is 6.04 Å². The molecular weight excluding hydrogens is 404 g/mol. The van der Waals surface area contributed by atoms with Gasteiger partial charge in [0.25, 0.3) is 0 Å². The van der Waals surface area contributed by atoms with Crippen LogP contribution in [0.25, 0.3) is 0 Å². The van der Waals surface area contributed by atoms with Crippen molar-refractivity contribution in [1.82, 2.24) is 20.4 Å². The number of rotatable bonds is 6. The van der Waals surface area contributed by atoms with Crippen molar-refractivity contribution in [3.05, 3.63) is 46.7 Å². The third-order valence-corrected chi connectivity index (χ3v) is 6.94. The number of hydrogen-bond donors (Lipinski definition) is 2. The maximum atomic E-state index is 13.0. The summed E-state index contributed by atoms with van der Waals surface area (Å²) in [6.07, 6.45) is 6.70. The molecule has 0 aromatic heterocycles. The average molecular weight is 441 g/mol. The molecule has 174 valence electrons. The molecule has 32 heavy (non-hydrogen) atoms. The van der Waals surface area contributed by atoms with E-state index in [1.165, 1.54) is 32.1 Å². The first kappa shape index (κ1) is 22.8. The number of amides is 2. The number of benzene rings is 1. The van der Waals surface area contributed by atoms with Gasteiger partial charge in [0.1, 0.15) is 0 Å². The summed E-state index contributed by atoms with van der Waals surface area (Å²) in [5.41, 5.74) is 3.17. The first-order valence-electron chi connectivity index (χ1n) is 12.1. The fourth-order valence-electron chi connectivity index (χ4n) is 5.16. The summed E-state index contributed by atoms with van der Waals surface area (Å²) in [4.78, 5) is 30.5. The standard InChI is InChI=1S/C25H36N4O3/c1-3-32-24(30)22-21(26-25(31)27-23(22)19-11-9-18(2)10-12-19)17-28-13-15-29(16-14-28)20-7-5-4-6-8-20/h9-12,20,23H,3-8,13-17H2,1-2H3,(H2,26,27,31)/t23-/m0/s1. The van der Waals surface area contributed by atoms with Crippen molar-refractivity contribution < 1.29 is 14.3 Å². The van der Waals surface area contributed by atoms with Gasteiger partial charge in [-0.05, 0) is 32.3 Å². The predicted molar refractivity (Wildman–Crippen MR) is 124 cm³/mol. The van der Waals surface area contributed by atoms with Crippen molar-refractivity contribution in [2.75, 3.05) is 39.3 Å². The molecule has 2 N–H and O–H groups in total. The number of nitrogens with zero attached hydrogens (tertiary/aromatic N) is 2. The summed E-state index contributed by atoms with van der Waals surface area (Å²) in [5, 5.41) is 5.84. The molecule has 0 unspecified atom stereocenters. The van der Waals surface area contributed by atoms with Crippen molar-refractivity contribution in [1.29, 1.82) is 0 Å². The Morgan fingerprint density at radius 1 is 1.06 bits per heavy atom. The molecule has 1 aliphatic carbocycles. The molecule has 1 saturated carbocycles. The fraction of sp³-hybridized carbons (Fsp3) is 0.600. The lowest BCUT2D eigenvalue weighted by molar-refractivity contribution is -0.139. The van der Waals surface area contributed by atoms with Crippen molar-refractivity contribution in [3.8, 4) is 0 Å². The molecule has 2 fully saturated rings. The van der Waals surface area contributed by atoms with Crippen LogP contribution in [-0.2, 0) is 9.53 Å². The SMILES string of the molecule is CCOC(=O)C1=C(CN2CCN(C3CCCCC3)CC2)NC(=O)N[C@H]1c1ccc(C)cc1. The number of piperazine rings is 1. The summed E-state index contributed by atoms with van der Waals surface area (Å²) in [7, 11) is 0. The van der Waals surface area contributed by atoms with E-state index in [0.717, 1.165) is 43.3 Å². The highest BCUT2D eigenvalue weighted by atomic mass is 16.5. The van der Waals surface area contributed by atoms with Crippen LogP contribution in [-0.4, -0.2) is 67.2 Å². The number of nitrogens with one attached hydrogen (secondary N) is 2. The van der Waals surface area contributed by atoms with E-state index in [2.05, 4.69) is 20.4 Å². The van der Waals surface area contributed by atoms with Gasteiger partial charge < -0.3 is 15.4 Å². The van der Waals surface area contributed by atoms with Gasteiger partial charge in [-0.3, -0.25) is 9.80 Å². The van der Waals surface area contributed by atoms with Crippen LogP contribution >= 0.6 is 0 Å². The molecule has 0 bridgehead atoms. The molecule has 1 aromatic rings. The number of aryl methyl sites for hydroxylation is 1. The zero-order valence-electron chi connectivity index (χ0n) is 19.4. The van der Waals surface area contributed by atoms with Crippen LogP contribution in [0.15, 0.2) is 35.5 Å². The number of ether oxygens (including phenoxy) is 1. The Morgan fingerprint density at radius 2 is 1.75 bits per heavy atom. The minimum absolute atomic E-state index is 0.278. The molecule has 2 amide bonds. The Labute approximate surface area is 191 Å². The summed E-state index contributed by atoms with van der Waals surface area (Å²) in [6, 6.07) is 7.86. The van der Waals surface area contributed by atoms with Crippen LogP contribution in [0.3, 0.4) is 0 Å². The Hall–Kier alpha value is -2.38. The Bertz CT molecular complexity index is 837. The van der Waals surface area contributed by atoms with E-state index in [9.17, 15) is 9.59 Å². The quantitative estimate of drug-likeness (QED) is 0.665. The lowest BCUT2D eigenvalue weighted by Gasteiger charge is -2.41. The van der Waals surface area contributed by atoms with E-state index in [0.29, 0.717) is 24.4 Å². The van der Waals surface area contributed by atoms with Crippen LogP contribution in [0.2, 0.25) is 0 Å². The largest absolute Gasteiger partial charge is 0.463 e. The second-order valence-electron chi connectivity index (χ2n) is 9.16. The van der Waals surface area contributed by atoms with Crippen LogP contribution in [0, 0.1) is 6.92 Å². The molecule has 1 atom stereocenters. The maximum Gasteiger partial charge on any atom is 0.338 e. The molecule has 2 heterocycles. The van der Waals surface area contributed by atoms with Gasteiger partial charge in [-0.2, -0.15) is 0 Å². The van der Waals surface area contributed by atoms with Crippen molar-refractivity contribution in [3.63, 3.8) is 0 Å². The van der Waals surface area contributed by atoms with Gasteiger partial charge in [0.15, 0.2) is 0 Å². The highest BCUT2D eigenvalue weighted by Crippen LogP contribution is 2.29. The van der Waals surface area contributed by atoms with E-state index in [1.54, 1.807) is 6.92 Å². The van der Waals surface area contributed by atoms with E-state index in [1.807, 2.05) is 31.2 Å². The highest BCUT2D eigenvalue weighted by molar-refractivity contribution is 5.95. The molecule has 1 saturated heterocycles. The smallest absolute Gasteiger partial charge is 0.338 e.